The first-order valence-corrected chi connectivity index (χ1v) is 8.99. The molecule has 0 atom stereocenters. The van der Waals surface area contributed by atoms with Gasteiger partial charge in [0.2, 0.25) is 5.95 Å². The third kappa shape index (κ3) is 2.73. The van der Waals surface area contributed by atoms with Crippen LogP contribution in [0.1, 0.15) is 17.8 Å². The fraction of sp³-hybridized carbons (Fsp3) is 0.294. The zero-order valence-corrected chi connectivity index (χ0v) is 14.8. The van der Waals surface area contributed by atoms with Crippen molar-refractivity contribution in [1.29, 1.82) is 0 Å². The summed E-state index contributed by atoms with van der Waals surface area (Å²) in [6.45, 7) is 4.45. The quantitative estimate of drug-likeness (QED) is 0.573. The predicted octanol–water partition coefficient (Wildman–Crippen LogP) is 2.70. The van der Waals surface area contributed by atoms with Crippen LogP contribution in [0.4, 0.5) is 5.82 Å². The lowest BCUT2D eigenvalue weighted by molar-refractivity contribution is 0.311. The van der Waals surface area contributed by atoms with Gasteiger partial charge in [0, 0.05) is 13.0 Å². The van der Waals surface area contributed by atoms with Gasteiger partial charge in [0.15, 0.2) is 10.6 Å². The summed E-state index contributed by atoms with van der Waals surface area (Å²) in [5, 5.41) is 13.2. The number of rotatable bonds is 5. The standard InChI is InChI=1S/C17H18N6OS/c1-3-13-20-11-6-4-5-7-12(11)23(13)17-21-15(18-8-9-24)14-16(22-17)25-10(2)19-14/h4-7,24H,3,8-9H2,1-2H3,(H,18,21,22). The largest absolute Gasteiger partial charge is 0.395 e. The fourth-order valence-corrected chi connectivity index (χ4v) is 3.63. The third-order valence-electron chi connectivity index (χ3n) is 3.90. The Bertz CT molecular complexity index is 1050. The summed E-state index contributed by atoms with van der Waals surface area (Å²) in [6, 6.07) is 7.98. The molecular weight excluding hydrogens is 336 g/mol. The summed E-state index contributed by atoms with van der Waals surface area (Å²) >= 11 is 1.53. The summed E-state index contributed by atoms with van der Waals surface area (Å²) in [5.41, 5.74) is 2.64. The molecule has 4 rings (SSSR count). The number of nitrogens with zero attached hydrogens (tertiary/aromatic N) is 5. The second kappa shape index (κ2) is 6.38. The van der Waals surface area contributed by atoms with Gasteiger partial charge < -0.3 is 10.4 Å². The monoisotopic (exact) mass is 354 g/mol. The second-order valence-electron chi connectivity index (χ2n) is 5.61. The van der Waals surface area contributed by atoms with E-state index >= 15 is 0 Å². The smallest absolute Gasteiger partial charge is 0.239 e. The lowest BCUT2D eigenvalue weighted by Crippen LogP contribution is -2.11. The number of benzene rings is 1. The molecule has 25 heavy (non-hydrogen) atoms. The van der Waals surface area contributed by atoms with Crippen molar-refractivity contribution in [2.24, 2.45) is 0 Å². The van der Waals surface area contributed by atoms with Gasteiger partial charge in [-0.15, -0.1) is 0 Å². The lowest BCUT2D eigenvalue weighted by Gasteiger charge is -2.10. The number of anilines is 1. The minimum Gasteiger partial charge on any atom is -0.395 e. The van der Waals surface area contributed by atoms with Crippen LogP contribution in [0.5, 0.6) is 0 Å². The van der Waals surface area contributed by atoms with Gasteiger partial charge in [-0.2, -0.15) is 9.97 Å². The number of hydrogen-bond acceptors (Lipinski definition) is 7. The molecule has 128 valence electrons. The molecule has 0 spiro atoms. The normalized spacial score (nSPS) is 11.5. The Hall–Kier alpha value is -2.58. The zero-order chi connectivity index (χ0) is 17.4. The van der Waals surface area contributed by atoms with Gasteiger partial charge in [-0.05, 0) is 19.1 Å². The topological polar surface area (TPSA) is 88.8 Å². The molecule has 0 bridgehead atoms. The molecule has 0 amide bonds. The number of aliphatic hydroxyl groups is 1. The summed E-state index contributed by atoms with van der Waals surface area (Å²) in [5.74, 6) is 2.12. The average Bonchev–Trinajstić information content (AvgIpc) is 3.18. The number of nitrogens with one attached hydrogen (secondary N) is 1. The van der Waals surface area contributed by atoms with Crippen molar-refractivity contribution in [3.63, 3.8) is 0 Å². The highest BCUT2D eigenvalue weighted by atomic mass is 32.1. The molecule has 3 aromatic heterocycles. The summed E-state index contributed by atoms with van der Waals surface area (Å²) < 4.78 is 1.99. The first-order valence-electron chi connectivity index (χ1n) is 8.18. The molecule has 0 saturated heterocycles. The Morgan fingerprint density at radius 2 is 2.00 bits per heavy atom. The number of hydrogen-bond donors (Lipinski definition) is 2. The molecule has 2 N–H and O–H groups in total. The number of aliphatic hydroxyl groups excluding tert-OH is 1. The average molecular weight is 354 g/mol. The Morgan fingerprint density at radius 3 is 2.80 bits per heavy atom. The van der Waals surface area contributed by atoms with Crippen LogP contribution in [-0.4, -0.2) is 42.8 Å². The van der Waals surface area contributed by atoms with Crippen molar-refractivity contribution in [3.05, 3.63) is 35.1 Å². The van der Waals surface area contributed by atoms with Crippen LogP contribution >= 0.6 is 11.3 Å². The van der Waals surface area contributed by atoms with E-state index in [1.54, 1.807) is 0 Å². The van der Waals surface area contributed by atoms with Crippen molar-refractivity contribution in [1.82, 2.24) is 24.5 Å². The Kier molecular flexibility index (Phi) is 4.06. The maximum Gasteiger partial charge on any atom is 0.239 e. The van der Waals surface area contributed by atoms with Gasteiger partial charge in [0.25, 0.3) is 0 Å². The van der Waals surface area contributed by atoms with Gasteiger partial charge in [-0.1, -0.05) is 30.4 Å². The number of imidazole rings is 1. The number of para-hydroxylation sites is 2. The van der Waals surface area contributed by atoms with E-state index in [0.717, 1.165) is 38.6 Å². The van der Waals surface area contributed by atoms with Crippen molar-refractivity contribution in [3.8, 4) is 5.95 Å². The van der Waals surface area contributed by atoms with Crippen molar-refractivity contribution in [2.45, 2.75) is 20.3 Å². The van der Waals surface area contributed by atoms with E-state index in [2.05, 4.69) is 22.2 Å². The van der Waals surface area contributed by atoms with E-state index < -0.39 is 0 Å². The molecule has 7 nitrogen and oxygen atoms in total. The molecule has 8 heteroatoms. The van der Waals surface area contributed by atoms with Crippen LogP contribution in [0, 0.1) is 6.92 Å². The van der Waals surface area contributed by atoms with Crippen molar-refractivity contribution < 1.29 is 5.11 Å². The summed E-state index contributed by atoms with van der Waals surface area (Å²) in [6.07, 6.45) is 0.775. The van der Waals surface area contributed by atoms with Gasteiger partial charge in [-0.25, -0.2) is 9.97 Å². The van der Waals surface area contributed by atoms with E-state index in [9.17, 15) is 0 Å². The van der Waals surface area contributed by atoms with Crippen LogP contribution in [0.25, 0.3) is 27.3 Å². The number of thiazole rings is 1. The molecule has 0 aliphatic rings. The van der Waals surface area contributed by atoms with Gasteiger partial charge in [0.1, 0.15) is 11.3 Å². The zero-order valence-electron chi connectivity index (χ0n) is 14.0. The Balaban J connectivity index is 1.98. The minimum atomic E-state index is 0.0260. The SMILES string of the molecule is CCc1nc2ccccc2n1-c1nc(NCCO)c2nc(C)sc2n1. The third-order valence-corrected chi connectivity index (χ3v) is 4.77. The van der Waals surface area contributed by atoms with Crippen molar-refractivity contribution in [2.75, 3.05) is 18.5 Å². The molecule has 1 aromatic carbocycles. The number of aromatic nitrogens is 5. The minimum absolute atomic E-state index is 0.0260. The molecule has 4 aromatic rings. The van der Waals surface area contributed by atoms with E-state index in [1.807, 2.05) is 35.8 Å². The van der Waals surface area contributed by atoms with E-state index in [4.69, 9.17) is 15.1 Å². The maximum absolute atomic E-state index is 9.14. The molecule has 0 radical (unpaired) electrons. The number of aryl methyl sites for hydroxylation is 2. The molecular formula is C17H18N6OS. The molecule has 0 fully saturated rings. The highest BCUT2D eigenvalue weighted by molar-refractivity contribution is 7.18. The number of fused-ring (bicyclic) bond motifs is 2. The van der Waals surface area contributed by atoms with Crippen LogP contribution in [0.2, 0.25) is 0 Å². The fourth-order valence-electron chi connectivity index (χ4n) is 2.85. The molecule has 0 aliphatic heterocycles. The second-order valence-corrected chi connectivity index (χ2v) is 6.80. The van der Waals surface area contributed by atoms with Crippen LogP contribution in [0.15, 0.2) is 24.3 Å². The highest BCUT2D eigenvalue weighted by Crippen LogP contribution is 2.28. The first kappa shape index (κ1) is 15.9. The molecule has 3 heterocycles. The first-order chi connectivity index (χ1) is 12.2. The molecule has 0 unspecified atom stereocenters. The van der Waals surface area contributed by atoms with E-state index in [1.165, 1.54) is 11.3 Å². The molecule has 0 saturated carbocycles. The van der Waals surface area contributed by atoms with Crippen LogP contribution < -0.4 is 5.32 Å². The summed E-state index contributed by atoms with van der Waals surface area (Å²) in [4.78, 5) is 19.5. The highest BCUT2D eigenvalue weighted by Gasteiger charge is 2.17. The molecule has 0 aliphatic carbocycles. The van der Waals surface area contributed by atoms with Gasteiger partial charge in [0.05, 0.1) is 22.6 Å². The van der Waals surface area contributed by atoms with Crippen molar-refractivity contribution >= 4 is 38.5 Å². The van der Waals surface area contributed by atoms with E-state index in [-0.39, 0.29) is 6.61 Å². The van der Waals surface area contributed by atoms with Crippen LogP contribution in [0.3, 0.4) is 0 Å². The predicted molar refractivity (Wildman–Crippen MR) is 99.5 cm³/mol. The van der Waals surface area contributed by atoms with E-state index in [0.29, 0.717) is 18.3 Å². The Labute approximate surface area is 148 Å². The maximum atomic E-state index is 9.14. The Morgan fingerprint density at radius 1 is 1.16 bits per heavy atom. The lowest BCUT2D eigenvalue weighted by atomic mass is 10.3. The van der Waals surface area contributed by atoms with Gasteiger partial charge >= 0.3 is 0 Å². The van der Waals surface area contributed by atoms with Gasteiger partial charge in [-0.3, -0.25) is 4.57 Å². The van der Waals surface area contributed by atoms with Crippen LogP contribution in [-0.2, 0) is 6.42 Å². The summed E-state index contributed by atoms with van der Waals surface area (Å²) in [7, 11) is 0.